The van der Waals surface area contributed by atoms with E-state index in [1.807, 2.05) is 45.4 Å². The summed E-state index contributed by atoms with van der Waals surface area (Å²) in [6.45, 7) is 8.47. The van der Waals surface area contributed by atoms with Gasteiger partial charge in [0, 0.05) is 43.2 Å². The maximum atomic E-state index is 14.4. The number of benzene rings is 1. The molecule has 0 saturated heterocycles. The number of rotatable bonds is 11. The molecule has 0 amide bonds. The minimum Gasteiger partial charge on any atom is -0.379 e. The first-order valence-electron chi connectivity index (χ1n) is 12.1. The highest BCUT2D eigenvalue weighted by molar-refractivity contribution is 5.49. The number of pyridine rings is 1. The van der Waals surface area contributed by atoms with E-state index < -0.39 is 30.2 Å². The van der Waals surface area contributed by atoms with Crippen molar-refractivity contribution in [2.24, 2.45) is 0 Å². The number of aromatic nitrogens is 1. The van der Waals surface area contributed by atoms with Crippen LogP contribution in [0.2, 0.25) is 0 Å². The van der Waals surface area contributed by atoms with Gasteiger partial charge in [-0.3, -0.25) is 4.79 Å². The van der Waals surface area contributed by atoms with Crippen LogP contribution in [0.3, 0.4) is 0 Å². The molecule has 0 fully saturated rings. The molecule has 0 aliphatic heterocycles. The van der Waals surface area contributed by atoms with E-state index in [1.54, 1.807) is 39.8 Å². The molecule has 0 radical (unpaired) electrons. The number of halogens is 3. The third-order valence-electron chi connectivity index (χ3n) is 6.58. The molecule has 36 heavy (non-hydrogen) atoms. The molecule has 0 bridgehead atoms. The summed E-state index contributed by atoms with van der Waals surface area (Å²) in [5.74, 6) is 0. The normalized spacial score (nSPS) is 14.7. The summed E-state index contributed by atoms with van der Waals surface area (Å²) < 4.78 is 44.5. The summed E-state index contributed by atoms with van der Waals surface area (Å²) in [5.41, 5.74) is -1.82. The quantitative estimate of drug-likeness (QED) is 0.473. The van der Waals surface area contributed by atoms with Gasteiger partial charge < -0.3 is 19.5 Å². The molecule has 1 aromatic heterocycles. The molecule has 1 N–H and O–H groups in total. The van der Waals surface area contributed by atoms with Gasteiger partial charge in [0.25, 0.3) is 0 Å². The molecule has 0 aliphatic carbocycles. The summed E-state index contributed by atoms with van der Waals surface area (Å²) in [6, 6.07) is 8.80. The van der Waals surface area contributed by atoms with Gasteiger partial charge in [-0.1, -0.05) is 44.2 Å². The fourth-order valence-electron chi connectivity index (χ4n) is 4.43. The zero-order valence-electron chi connectivity index (χ0n) is 22.5. The molecule has 5 nitrogen and oxygen atoms in total. The maximum absolute atomic E-state index is 14.4. The van der Waals surface area contributed by atoms with Crippen LogP contribution in [-0.2, 0) is 18.5 Å². The SMILES string of the molecule is C/C=C\c1c(C)c(=O)ccn1CC(O)(CC(C)(C)c1cccc(CN(C)CCN(C)C)c1)C(F)(F)F. The summed E-state index contributed by atoms with van der Waals surface area (Å²) in [5, 5.41) is 11.1. The number of allylic oxidation sites excluding steroid dienone is 1. The van der Waals surface area contributed by atoms with E-state index in [-0.39, 0.29) is 5.43 Å². The number of hydrogen-bond donors (Lipinski definition) is 1. The minimum absolute atomic E-state index is 0.261. The van der Waals surface area contributed by atoms with Crippen LogP contribution in [-0.4, -0.2) is 65.5 Å². The first-order valence-corrected chi connectivity index (χ1v) is 12.1. The Labute approximate surface area is 212 Å². The Morgan fingerprint density at radius 3 is 2.33 bits per heavy atom. The molecule has 1 atom stereocenters. The second kappa shape index (κ2) is 11.8. The third-order valence-corrected chi connectivity index (χ3v) is 6.58. The average molecular weight is 508 g/mol. The van der Waals surface area contributed by atoms with Gasteiger partial charge in [0.2, 0.25) is 0 Å². The third kappa shape index (κ3) is 7.54. The van der Waals surface area contributed by atoms with Gasteiger partial charge in [0.1, 0.15) is 0 Å². The zero-order chi connectivity index (χ0) is 27.3. The molecular weight excluding hydrogens is 467 g/mol. The van der Waals surface area contributed by atoms with Crippen molar-refractivity contribution >= 4 is 6.08 Å². The lowest BCUT2D eigenvalue weighted by Gasteiger charge is -2.39. The molecule has 1 heterocycles. The largest absolute Gasteiger partial charge is 0.418 e. The first kappa shape index (κ1) is 29.8. The Morgan fingerprint density at radius 2 is 1.75 bits per heavy atom. The molecule has 0 aliphatic rings. The molecular formula is C28H40F3N3O2. The van der Waals surface area contributed by atoms with Crippen LogP contribution in [0, 0.1) is 6.92 Å². The van der Waals surface area contributed by atoms with Crippen molar-refractivity contribution in [3.05, 3.63) is 75.2 Å². The van der Waals surface area contributed by atoms with Gasteiger partial charge in [0.05, 0.1) is 6.54 Å². The van der Waals surface area contributed by atoms with E-state index in [0.717, 1.165) is 24.2 Å². The molecule has 0 spiro atoms. The molecule has 2 aromatic rings. The number of nitrogens with zero attached hydrogens (tertiary/aromatic N) is 3. The summed E-state index contributed by atoms with van der Waals surface area (Å²) in [4.78, 5) is 16.4. The van der Waals surface area contributed by atoms with Crippen LogP contribution in [0.15, 0.2) is 47.4 Å². The minimum atomic E-state index is -4.88. The van der Waals surface area contributed by atoms with E-state index in [2.05, 4.69) is 9.80 Å². The lowest BCUT2D eigenvalue weighted by molar-refractivity contribution is -0.271. The van der Waals surface area contributed by atoms with Gasteiger partial charge >= 0.3 is 6.18 Å². The van der Waals surface area contributed by atoms with Crippen molar-refractivity contribution < 1.29 is 18.3 Å². The summed E-state index contributed by atoms with van der Waals surface area (Å²) >= 11 is 0. The predicted molar refractivity (Wildman–Crippen MR) is 140 cm³/mol. The highest BCUT2D eigenvalue weighted by atomic mass is 19.4. The van der Waals surface area contributed by atoms with E-state index in [1.165, 1.54) is 16.8 Å². The van der Waals surface area contributed by atoms with Gasteiger partial charge in [-0.05, 0) is 64.0 Å². The van der Waals surface area contributed by atoms with Crippen LogP contribution >= 0.6 is 0 Å². The van der Waals surface area contributed by atoms with E-state index in [0.29, 0.717) is 17.8 Å². The van der Waals surface area contributed by atoms with E-state index >= 15 is 0 Å². The van der Waals surface area contributed by atoms with Gasteiger partial charge in [0.15, 0.2) is 11.0 Å². The van der Waals surface area contributed by atoms with Gasteiger partial charge in [-0.15, -0.1) is 0 Å². The smallest absolute Gasteiger partial charge is 0.379 e. The molecule has 1 unspecified atom stereocenters. The van der Waals surface area contributed by atoms with Crippen LogP contribution < -0.4 is 5.43 Å². The fraction of sp³-hybridized carbons (Fsp3) is 0.536. The standard InChI is InChI=1S/C28H40F3N3O2/c1-8-10-24-21(2)25(35)13-14-34(24)20-27(36,28(29,30)31)19-26(3,4)23-12-9-11-22(17-23)18-33(7)16-15-32(5)6/h8-14,17,36H,15-16,18-20H2,1-7H3/b10-8-. The zero-order valence-corrected chi connectivity index (χ0v) is 22.5. The second-order valence-corrected chi connectivity index (χ2v) is 10.6. The Hall–Kier alpha value is -2.42. The Balaban J connectivity index is 2.38. The Bertz CT molecular complexity index is 1110. The molecule has 0 saturated carbocycles. The number of likely N-dealkylation sites (N-methyl/N-ethyl adjacent to an activating group) is 2. The van der Waals surface area contributed by atoms with Crippen LogP contribution in [0.25, 0.3) is 6.08 Å². The molecule has 8 heteroatoms. The summed E-state index contributed by atoms with van der Waals surface area (Å²) in [6.07, 6.45) is -0.841. The van der Waals surface area contributed by atoms with Crippen molar-refractivity contribution in [1.29, 1.82) is 0 Å². The predicted octanol–water partition coefficient (Wildman–Crippen LogP) is 4.84. The highest BCUT2D eigenvalue weighted by Gasteiger charge is 2.56. The second-order valence-electron chi connectivity index (χ2n) is 10.6. The molecule has 200 valence electrons. The first-order chi connectivity index (χ1) is 16.6. The molecule has 2 rings (SSSR count). The van der Waals surface area contributed by atoms with Crippen molar-refractivity contribution in [2.75, 3.05) is 34.2 Å². The van der Waals surface area contributed by atoms with Crippen molar-refractivity contribution in [3.8, 4) is 0 Å². The lowest BCUT2D eigenvalue weighted by atomic mass is 9.74. The fourth-order valence-corrected chi connectivity index (χ4v) is 4.43. The Morgan fingerprint density at radius 1 is 1.08 bits per heavy atom. The van der Waals surface area contributed by atoms with Crippen LogP contribution in [0.4, 0.5) is 13.2 Å². The number of hydrogen-bond acceptors (Lipinski definition) is 4. The maximum Gasteiger partial charge on any atom is 0.418 e. The monoisotopic (exact) mass is 507 g/mol. The van der Waals surface area contributed by atoms with E-state index in [4.69, 9.17) is 0 Å². The molecule has 1 aromatic carbocycles. The van der Waals surface area contributed by atoms with Crippen LogP contribution in [0.5, 0.6) is 0 Å². The van der Waals surface area contributed by atoms with E-state index in [9.17, 15) is 23.1 Å². The van der Waals surface area contributed by atoms with Gasteiger partial charge in [-0.25, -0.2) is 0 Å². The van der Waals surface area contributed by atoms with Crippen molar-refractivity contribution in [3.63, 3.8) is 0 Å². The summed E-state index contributed by atoms with van der Waals surface area (Å²) in [7, 11) is 6.03. The van der Waals surface area contributed by atoms with Crippen molar-refractivity contribution in [2.45, 2.75) is 64.4 Å². The van der Waals surface area contributed by atoms with Crippen LogP contribution in [0.1, 0.15) is 49.6 Å². The average Bonchev–Trinajstić information content (AvgIpc) is 2.76. The topological polar surface area (TPSA) is 48.7 Å². The Kier molecular flexibility index (Phi) is 9.73. The van der Waals surface area contributed by atoms with Gasteiger partial charge in [-0.2, -0.15) is 13.2 Å². The number of aliphatic hydroxyl groups is 1. The van der Waals surface area contributed by atoms with Crippen molar-refractivity contribution in [1.82, 2.24) is 14.4 Å². The highest BCUT2D eigenvalue weighted by Crippen LogP contribution is 2.42. The lowest BCUT2D eigenvalue weighted by Crippen LogP contribution is -2.52. The number of alkyl halides is 3.